The highest BCUT2D eigenvalue weighted by Crippen LogP contribution is 2.23. The monoisotopic (exact) mass is 219 g/mol. The van der Waals surface area contributed by atoms with Gasteiger partial charge in [-0.25, -0.2) is 0 Å². The normalized spacial score (nSPS) is 24.7. The van der Waals surface area contributed by atoms with E-state index in [0.29, 0.717) is 6.04 Å². The molecule has 0 N–H and O–H groups in total. The van der Waals surface area contributed by atoms with Crippen LogP contribution in [0.15, 0.2) is 28.8 Å². The highest BCUT2D eigenvalue weighted by Gasteiger charge is 2.15. The van der Waals surface area contributed by atoms with Crippen molar-refractivity contribution >= 4 is 6.21 Å². The summed E-state index contributed by atoms with van der Waals surface area (Å²) in [5.41, 5.74) is 1.52. The van der Waals surface area contributed by atoms with Crippen molar-refractivity contribution in [1.82, 2.24) is 0 Å². The van der Waals surface area contributed by atoms with Crippen LogP contribution in [0.5, 0.6) is 0 Å². The minimum Gasteiger partial charge on any atom is -0.285 e. The molecule has 0 amide bonds. The lowest BCUT2D eigenvalue weighted by Gasteiger charge is -2.18. The first kappa shape index (κ1) is 13.2. The lowest BCUT2D eigenvalue weighted by molar-refractivity contribution is 0.478. The Balaban J connectivity index is 2.68. The second kappa shape index (κ2) is 7.43. The predicted octanol–water partition coefficient (Wildman–Crippen LogP) is 4.55. The Labute approximate surface area is 100 Å². The van der Waals surface area contributed by atoms with E-state index in [2.05, 4.69) is 44.0 Å². The van der Waals surface area contributed by atoms with Gasteiger partial charge in [0.2, 0.25) is 0 Å². The summed E-state index contributed by atoms with van der Waals surface area (Å²) in [6.45, 7) is 6.82. The minimum atomic E-state index is 0.427. The molecule has 0 spiro atoms. The van der Waals surface area contributed by atoms with E-state index in [1.165, 1.54) is 31.3 Å². The van der Waals surface area contributed by atoms with Gasteiger partial charge in [0.15, 0.2) is 0 Å². The van der Waals surface area contributed by atoms with E-state index in [-0.39, 0.29) is 0 Å². The molecule has 2 atom stereocenters. The zero-order valence-corrected chi connectivity index (χ0v) is 10.9. The number of aliphatic imine (C=N–C) groups is 1. The first-order valence-electron chi connectivity index (χ1n) is 6.65. The van der Waals surface area contributed by atoms with Gasteiger partial charge in [0.25, 0.3) is 0 Å². The summed E-state index contributed by atoms with van der Waals surface area (Å²) >= 11 is 0. The van der Waals surface area contributed by atoms with Gasteiger partial charge in [0.1, 0.15) is 0 Å². The first-order chi connectivity index (χ1) is 7.77. The van der Waals surface area contributed by atoms with E-state index in [0.717, 1.165) is 12.3 Å². The Morgan fingerprint density at radius 1 is 1.50 bits per heavy atom. The molecule has 1 heteroatoms. The third kappa shape index (κ3) is 4.34. The van der Waals surface area contributed by atoms with Crippen LogP contribution in [-0.2, 0) is 0 Å². The summed E-state index contributed by atoms with van der Waals surface area (Å²) in [6, 6.07) is 0.427. The Hall–Kier alpha value is -0.850. The molecule has 16 heavy (non-hydrogen) atoms. The van der Waals surface area contributed by atoms with Crippen molar-refractivity contribution in [2.75, 3.05) is 0 Å². The average molecular weight is 219 g/mol. The maximum absolute atomic E-state index is 4.67. The number of nitrogens with zero attached hydrogens (tertiary/aromatic N) is 1. The summed E-state index contributed by atoms with van der Waals surface area (Å²) in [5, 5.41) is 0. The molecule has 1 rings (SSSR count). The van der Waals surface area contributed by atoms with Crippen LogP contribution in [0.1, 0.15) is 52.9 Å². The van der Waals surface area contributed by atoms with E-state index in [1.54, 1.807) is 0 Å². The molecule has 1 heterocycles. The number of hydrogen-bond acceptors (Lipinski definition) is 1. The lowest BCUT2D eigenvalue weighted by atomic mass is 9.92. The SMILES string of the molecule is CCCC=C1CC=CC=NC1CC(C)CC. The van der Waals surface area contributed by atoms with E-state index in [4.69, 9.17) is 0 Å². The molecule has 0 aromatic carbocycles. The molecule has 0 aromatic heterocycles. The molecular weight excluding hydrogens is 194 g/mol. The average Bonchev–Trinajstić information content (AvgIpc) is 2.52. The van der Waals surface area contributed by atoms with Gasteiger partial charge in [-0.2, -0.15) is 0 Å². The molecule has 0 aliphatic carbocycles. The Bertz CT molecular complexity index is 273. The van der Waals surface area contributed by atoms with Crippen molar-refractivity contribution in [2.24, 2.45) is 10.9 Å². The summed E-state index contributed by atoms with van der Waals surface area (Å²) in [7, 11) is 0. The van der Waals surface area contributed by atoms with Crippen LogP contribution < -0.4 is 0 Å². The van der Waals surface area contributed by atoms with Crippen LogP contribution in [0.2, 0.25) is 0 Å². The molecule has 0 saturated carbocycles. The standard InChI is InChI=1S/C15H25N/c1-4-6-9-14-10-7-8-11-16-15(14)12-13(3)5-2/h7-9,11,13,15H,4-6,10,12H2,1-3H3. The second-order valence-corrected chi connectivity index (χ2v) is 4.76. The fourth-order valence-electron chi connectivity index (χ4n) is 1.96. The van der Waals surface area contributed by atoms with Crippen molar-refractivity contribution < 1.29 is 0 Å². The van der Waals surface area contributed by atoms with Gasteiger partial charge in [0.05, 0.1) is 6.04 Å². The summed E-state index contributed by atoms with van der Waals surface area (Å²) in [6.07, 6.45) is 14.6. The largest absolute Gasteiger partial charge is 0.285 e. The van der Waals surface area contributed by atoms with Crippen molar-refractivity contribution in [2.45, 2.75) is 58.9 Å². The van der Waals surface area contributed by atoms with Gasteiger partial charge in [-0.3, -0.25) is 4.99 Å². The highest BCUT2D eigenvalue weighted by atomic mass is 14.8. The van der Waals surface area contributed by atoms with Crippen LogP contribution in [-0.4, -0.2) is 12.3 Å². The Morgan fingerprint density at radius 2 is 2.31 bits per heavy atom. The van der Waals surface area contributed by atoms with Crippen molar-refractivity contribution in [3.8, 4) is 0 Å². The third-order valence-electron chi connectivity index (χ3n) is 3.29. The van der Waals surface area contributed by atoms with Crippen LogP contribution in [0, 0.1) is 5.92 Å². The molecular formula is C15H25N. The van der Waals surface area contributed by atoms with Crippen molar-refractivity contribution in [1.29, 1.82) is 0 Å². The maximum atomic E-state index is 4.67. The molecule has 90 valence electrons. The molecule has 1 nitrogen and oxygen atoms in total. The lowest BCUT2D eigenvalue weighted by Crippen LogP contribution is -2.12. The predicted molar refractivity (Wildman–Crippen MR) is 73.1 cm³/mol. The fraction of sp³-hybridized carbons (Fsp3) is 0.667. The second-order valence-electron chi connectivity index (χ2n) is 4.76. The van der Waals surface area contributed by atoms with E-state index >= 15 is 0 Å². The number of rotatable bonds is 5. The first-order valence-corrected chi connectivity index (χ1v) is 6.65. The maximum Gasteiger partial charge on any atom is 0.0714 e. The van der Waals surface area contributed by atoms with Gasteiger partial charge >= 0.3 is 0 Å². The van der Waals surface area contributed by atoms with E-state index in [9.17, 15) is 0 Å². The molecule has 0 radical (unpaired) electrons. The van der Waals surface area contributed by atoms with Gasteiger partial charge in [0, 0.05) is 6.21 Å². The molecule has 0 aromatic rings. The van der Waals surface area contributed by atoms with Gasteiger partial charge in [-0.05, 0) is 36.8 Å². The van der Waals surface area contributed by atoms with Crippen LogP contribution in [0.25, 0.3) is 0 Å². The van der Waals surface area contributed by atoms with Crippen molar-refractivity contribution in [3.05, 3.63) is 23.8 Å². The van der Waals surface area contributed by atoms with E-state index < -0.39 is 0 Å². The van der Waals surface area contributed by atoms with Crippen LogP contribution >= 0.6 is 0 Å². The summed E-state index contributed by atoms with van der Waals surface area (Å²) in [5.74, 6) is 0.769. The van der Waals surface area contributed by atoms with Gasteiger partial charge in [-0.15, -0.1) is 0 Å². The number of unbranched alkanes of at least 4 members (excludes halogenated alkanes) is 1. The van der Waals surface area contributed by atoms with Gasteiger partial charge < -0.3 is 0 Å². The molecule has 0 bridgehead atoms. The molecule has 0 saturated heterocycles. The molecule has 1 aliphatic heterocycles. The van der Waals surface area contributed by atoms with Crippen LogP contribution in [0.4, 0.5) is 0 Å². The van der Waals surface area contributed by atoms with E-state index in [1.807, 2.05) is 6.21 Å². The summed E-state index contributed by atoms with van der Waals surface area (Å²) in [4.78, 5) is 4.67. The molecule has 2 unspecified atom stereocenters. The highest BCUT2D eigenvalue weighted by molar-refractivity contribution is 5.72. The molecule has 1 aliphatic rings. The minimum absolute atomic E-state index is 0.427. The third-order valence-corrected chi connectivity index (χ3v) is 3.29. The quantitative estimate of drug-likeness (QED) is 0.602. The fourth-order valence-corrected chi connectivity index (χ4v) is 1.96. The molecule has 0 fully saturated rings. The Morgan fingerprint density at radius 3 is 3.00 bits per heavy atom. The number of hydrogen-bond donors (Lipinski definition) is 0. The Kier molecular flexibility index (Phi) is 6.14. The zero-order valence-electron chi connectivity index (χ0n) is 10.9. The smallest absolute Gasteiger partial charge is 0.0714 e. The summed E-state index contributed by atoms with van der Waals surface area (Å²) < 4.78 is 0. The zero-order chi connectivity index (χ0) is 11.8. The topological polar surface area (TPSA) is 12.4 Å². The van der Waals surface area contributed by atoms with Gasteiger partial charge in [-0.1, -0.05) is 45.8 Å². The van der Waals surface area contributed by atoms with Crippen molar-refractivity contribution in [3.63, 3.8) is 0 Å². The number of allylic oxidation sites excluding steroid dienone is 3. The van der Waals surface area contributed by atoms with Crippen LogP contribution in [0.3, 0.4) is 0 Å².